The van der Waals surface area contributed by atoms with Gasteiger partial charge in [-0.1, -0.05) is 23.4 Å². The fourth-order valence-electron chi connectivity index (χ4n) is 2.91. The molecule has 0 unspecified atom stereocenters. The quantitative estimate of drug-likeness (QED) is 0.429. The molecule has 0 bridgehead atoms. The maximum Gasteiger partial charge on any atom is 0.316 e. The van der Waals surface area contributed by atoms with Gasteiger partial charge in [0, 0.05) is 28.2 Å². The maximum atomic E-state index is 12.8. The van der Waals surface area contributed by atoms with E-state index in [0.29, 0.717) is 17.1 Å². The van der Waals surface area contributed by atoms with Crippen molar-refractivity contribution in [3.63, 3.8) is 0 Å². The minimum atomic E-state index is -0.923. The molecular formula is C20H21N3O5S. The summed E-state index contributed by atoms with van der Waals surface area (Å²) in [5, 5.41) is 7.02. The van der Waals surface area contributed by atoms with Crippen LogP contribution in [0.1, 0.15) is 28.7 Å². The summed E-state index contributed by atoms with van der Waals surface area (Å²) in [5.74, 6) is -0.226. The second-order valence-electron chi connectivity index (χ2n) is 6.53. The van der Waals surface area contributed by atoms with E-state index >= 15 is 0 Å². The number of nitrogens with one attached hydrogen (secondary N) is 2. The van der Waals surface area contributed by atoms with Crippen LogP contribution in [0.25, 0.3) is 10.9 Å². The molecule has 1 amide bonds. The lowest BCUT2D eigenvalue weighted by atomic mass is 10.0. The molecule has 0 saturated heterocycles. The Balaban J connectivity index is 1.49. The van der Waals surface area contributed by atoms with Gasteiger partial charge >= 0.3 is 5.97 Å². The van der Waals surface area contributed by atoms with E-state index in [2.05, 4.69) is 15.5 Å². The van der Waals surface area contributed by atoms with Crippen molar-refractivity contribution >= 4 is 46.1 Å². The summed E-state index contributed by atoms with van der Waals surface area (Å²) in [4.78, 5) is 39.8. The zero-order valence-electron chi connectivity index (χ0n) is 16.3. The van der Waals surface area contributed by atoms with E-state index in [-0.39, 0.29) is 23.2 Å². The molecule has 3 aromatic rings. The van der Waals surface area contributed by atoms with Gasteiger partial charge in [0.25, 0.3) is 0 Å². The minimum absolute atomic E-state index is 0.0459. The molecule has 2 aromatic heterocycles. The average molecular weight is 415 g/mol. The topological polar surface area (TPSA) is 114 Å². The maximum absolute atomic E-state index is 12.8. The first-order chi connectivity index (χ1) is 13.8. The van der Waals surface area contributed by atoms with Crippen molar-refractivity contribution < 1.29 is 23.6 Å². The number of fused-ring (bicyclic) bond motifs is 1. The number of carbonyl (C=O) groups excluding carboxylic acids is 3. The second-order valence-corrected chi connectivity index (χ2v) is 7.52. The molecule has 0 aliphatic carbocycles. The van der Waals surface area contributed by atoms with Crippen LogP contribution in [0.4, 0.5) is 5.82 Å². The first-order valence-electron chi connectivity index (χ1n) is 8.97. The number of aromatic nitrogens is 2. The van der Waals surface area contributed by atoms with Crippen molar-refractivity contribution in [2.75, 3.05) is 16.8 Å². The van der Waals surface area contributed by atoms with Crippen molar-refractivity contribution in [1.29, 1.82) is 0 Å². The van der Waals surface area contributed by atoms with Crippen molar-refractivity contribution in [2.45, 2.75) is 26.9 Å². The van der Waals surface area contributed by atoms with Gasteiger partial charge in [-0.3, -0.25) is 14.4 Å². The lowest BCUT2D eigenvalue weighted by Crippen LogP contribution is -2.26. The number of nitrogens with zero attached hydrogens (tertiary/aromatic N) is 1. The zero-order chi connectivity index (χ0) is 21.0. The molecule has 0 spiro atoms. The molecule has 2 N–H and O–H groups in total. The molecule has 29 heavy (non-hydrogen) atoms. The van der Waals surface area contributed by atoms with E-state index in [1.807, 2.05) is 31.2 Å². The van der Waals surface area contributed by atoms with Crippen LogP contribution < -0.4 is 5.32 Å². The van der Waals surface area contributed by atoms with Crippen molar-refractivity contribution in [1.82, 2.24) is 10.1 Å². The van der Waals surface area contributed by atoms with Gasteiger partial charge in [-0.05, 0) is 26.8 Å². The lowest BCUT2D eigenvalue weighted by Gasteiger charge is -2.12. The number of carbonyl (C=O) groups is 3. The Morgan fingerprint density at radius 1 is 1.24 bits per heavy atom. The largest absolute Gasteiger partial charge is 0.454 e. The highest BCUT2D eigenvalue weighted by Crippen LogP contribution is 2.24. The van der Waals surface area contributed by atoms with Crippen LogP contribution in [0.2, 0.25) is 0 Å². The van der Waals surface area contributed by atoms with E-state index in [4.69, 9.17) is 9.26 Å². The minimum Gasteiger partial charge on any atom is -0.454 e. The van der Waals surface area contributed by atoms with Crippen molar-refractivity contribution in [3.8, 4) is 0 Å². The third-order valence-electron chi connectivity index (χ3n) is 4.17. The first-order valence-corrected chi connectivity index (χ1v) is 10.1. The standard InChI is InChI=1S/C20H21N3O5S/c1-11-8-16(23-28-11)22-17(24)9-29-10-18(25)27-13(3)20(26)19-12(2)21-15-7-5-4-6-14(15)19/h4-8,13,21H,9-10H2,1-3H3,(H,22,23,24)/t13-/m1/s1. The normalized spacial score (nSPS) is 12.0. The van der Waals surface area contributed by atoms with Crippen LogP contribution >= 0.6 is 11.8 Å². The highest BCUT2D eigenvalue weighted by molar-refractivity contribution is 8.00. The molecule has 1 aromatic carbocycles. The smallest absolute Gasteiger partial charge is 0.316 e. The van der Waals surface area contributed by atoms with Crippen LogP contribution in [0.3, 0.4) is 0 Å². The van der Waals surface area contributed by atoms with Crippen molar-refractivity contribution in [3.05, 3.63) is 47.3 Å². The van der Waals surface area contributed by atoms with Crippen LogP contribution in [0, 0.1) is 13.8 Å². The highest BCUT2D eigenvalue weighted by atomic mass is 32.2. The predicted octanol–water partition coefficient (Wildman–Crippen LogP) is 3.26. The van der Waals surface area contributed by atoms with Crippen molar-refractivity contribution in [2.24, 2.45) is 0 Å². The van der Waals surface area contributed by atoms with Gasteiger partial charge in [0.2, 0.25) is 11.7 Å². The van der Waals surface area contributed by atoms with Crippen LogP contribution in [-0.4, -0.2) is 45.4 Å². The molecule has 0 aliphatic rings. The first kappa shape index (κ1) is 20.7. The highest BCUT2D eigenvalue weighted by Gasteiger charge is 2.24. The number of Topliss-reactive ketones (excluding diaryl/α,β-unsaturated/α-hetero) is 1. The summed E-state index contributed by atoms with van der Waals surface area (Å²) in [5.41, 5.74) is 2.11. The SMILES string of the molecule is Cc1cc(NC(=O)CSCC(=O)O[C@H](C)C(=O)c2c(C)[nH]c3ccccc23)no1. The number of hydrogen-bond donors (Lipinski definition) is 2. The third-order valence-corrected chi connectivity index (χ3v) is 5.07. The molecule has 9 heteroatoms. The van der Waals surface area contributed by atoms with E-state index in [1.54, 1.807) is 19.9 Å². The molecule has 152 valence electrons. The molecule has 0 radical (unpaired) electrons. The predicted molar refractivity (Wildman–Crippen MR) is 110 cm³/mol. The molecular weight excluding hydrogens is 394 g/mol. The molecule has 0 aliphatic heterocycles. The number of aromatic amines is 1. The summed E-state index contributed by atoms with van der Waals surface area (Å²) < 4.78 is 10.1. The number of H-pyrrole nitrogens is 1. The number of benzene rings is 1. The number of para-hydroxylation sites is 1. The summed E-state index contributed by atoms with van der Waals surface area (Å²) in [6.45, 7) is 5.08. The summed E-state index contributed by atoms with van der Waals surface area (Å²) in [6, 6.07) is 9.07. The number of thioether (sulfide) groups is 1. The number of hydrogen-bond acceptors (Lipinski definition) is 7. The molecule has 3 rings (SSSR count). The summed E-state index contributed by atoms with van der Waals surface area (Å²) >= 11 is 1.09. The number of esters is 1. The van der Waals surface area contributed by atoms with Gasteiger partial charge in [-0.15, -0.1) is 11.8 Å². The van der Waals surface area contributed by atoms with E-state index in [9.17, 15) is 14.4 Å². The Hall–Kier alpha value is -3.07. The van der Waals surface area contributed by atoms with Gasteiger partial charge < -0.3 is 19.6 Å². The van der Waals surface area contributed by atoms with E-state index in [1.165, 1.54) is 0 Å². The fraction of sp³-hybridized carbons (Fsp3) is 0.300. The molecule has 0 fully saturated rings. The number of rotatable bonds is 8. The number of anilines is 1. The number of ketones is 1. The lowest BCUT2D eigenvalue weighted by molar-refractivity contribution is -0.143. The van der Waals surface area contributed by atoms with Gasteiger partial charge in [0.1, 0.15) is 5.76 Å². The van der Waals surface area contributed by atoms with E-state index in [0.717, 1.165) is 28.4 Å². The molecule has 0 saturated carbocycles. The number of aryl methyl sites for hydroxylation is 2. The molecule has 8 nitrogen and oxygen atoms in total. The Morgan fingerprint density at radius 3 is 2.72 bits per heavy atom. The Kier molecular flexibility index (Phi) is 6.38. The fourth-order valence-corrected chi connectivity index (χ4v) is 3.51. The van der Waals surface area contributed by atoms with Gasteiger partial charge in [-0.2, -0.15) is 0 Å². The Labute approximate surface area is 171 Å². The van der Waals surface area contributed by atoms with Crippen LogP contribution in [0.5, 0.6) is 0 Å². The summed E-state index contributed by atoms with van der Waals surface area (Å²) in [6.07, 6.45) is -0.923. The molecule has 2 heterocycles. The zero-order valence-corrected chi connectivity index (χ0v) is 17.1. The summed E-state index contributed by atoms with van der Waals surface area (Å²) in [7, 11) is 0. The third kappa shape index (κ3) is 5.05. The molecule has 1 atom stereocenters. The monoisotopic (exact) mass is 415 g/mol. The van der Waals surface area contributed by atoms with Gasteiger partial charge in [-0.25, -0.2) is 0 Å². The number of amides is 1. The van der Waals surface area contributed by atoms with E-state index < -0.39 is 12.1 Å². The average Bonchev–Trinajstić information content (AvgIpc) is 3.22. The Bertz CT molecular complexity index is 1060. The Morgan fingerprint density at radius 2 is 2.00 bits per heavy atom. The van der Waals surface area contributed by atoms with Gasteiger partial charge in [0.05, 0.1) is 11.5 Å². The van der Waals surface area contributed by atoms with Crippen LogP contribution in [-0.2, 0) is 14.3 Å². The van der Waals surface area contributed by atoms with Gasteiger partial charge in [0.15, 0.2) is 11.9 Å². The number of ether oxygens (including phenoxy) is 1. The van der Waals surface area contributed by atoms with Crippen LogP contribution in [0.15, 0.2) is 34.9 Å². The second kappa shape index (κ2) is 8.95.